The number of benzene rings is 2. The van der Waals surface area contributed by atoms with Gasteiger partial charge in [-0.2, -0.15) is 0 Å². The number of carbonyl (C=O) groups is 3. The van der Waals surface area contributed by atoms with Gasteiger partial charge in [0.05, 0.1) is 5.69 Å². The Morgan fingerprint density at radius 3 is 2.42 bits per heavy atom. The summed E-state index contributed by atoms with van der Waals surface area (Å²) >= 11 is 0. The zero-order chi connectivity index (χ0) is 18.9. The molecule has 26 heavy (non-hydrogen) atoms. The first-order valence-corrected chi connectivity index (χ1v) is 8.16. The number of hydrogen-bond acceptors (Lipinski definition) is 3. The van der Waals surface area contributed by atoms with Crippen molar-refractivity contribution in [2.45, 2.75) is 19.8 Å². The zero-order valence-electron chi connectivity index (χ0n) is 14.3. The fourth-order valence-electron chi connectivity index (χ4n) is 2.26. The molecule has 0 saturated heterocycles. The number of halogens is 1. The maximum atomic E-state index is 13.8. The van der Waals surface area contributed by atoms with Crippen molar-refractivity contribution >= 4 is 29.1 Å². The van der Waals surface area contributed by atoms with Crippen LogP contribution >= 0.6 is 0 Å². The molecule has 0 bridgehead atoms. The van der Waals surface area contributed by atoms with Crippen molar-refractivity contribution in [3.8, 4) is 0 Å². The van der Waals surface area contributed by atoms with E-state index >= 15 is 0 Å². The third kappa shape index (κ3) is 6.01. The highest BCUT2D eigenvalue weighted by molar-refractivity contribution is 5.94. The van der Waals surface area contributed by atoms with Crippen LogP contribution in [0.4, 0.5) is 15.8 Å². The van der Waals surface area contributed by atoms with Gasteiger partial charge >= 0.3 is 0 Å². The first-order valence-electron chi connectivity index (χ1n) is 8.16. The molecule has 0 aliphatic rings. The average Bonchev–Trinajstić information content (AvgIpc) is 2.61. The number of rotatable bonds is 7. The van der Waals surface area contributed by atoms with Crippen molar-refractivity contribution in [3.63, 3.8) is 0 Å². The SMILES string of the molecule is CC(=O)Nc1ccc(F)c(NC(=O)CCCNC(=O)c2ccccc2)c1. The van der Waals surface area contributed by atoms with Gasteiger partial charge in [0.2, 0.25) is 11.8 Å². The Balaban J connectivity index is 1.78. The van der Waals surface area contributed by atoms with Gasteiger partial charge in [-0.25, -0.2) is 4.39 Å². The Hall–Kier alpha value is -3.22. The highest BCUT2D eigenvalue weighted by Crippen LogP contribution is 2.20. The van der Waals surface area contributed by atoms with Crippen molar-refractivity contribution in [1.29, 1.82) is 0 Å². The highest BCUT2D eigenvalue weighted by atomic mass is 19.1. The molecule has 7 heteroatoms. The van der Waals surface area contributed by atoms with Crippen LogP contribution in [-0.2, 0) is 9.59 Å². The third-order valence-electron chi connectivity index (χ3n) is 3.46. The van der Waals surface area contributed by atoms with Crippen LogP contribution in [0.1, 0.15) is 30.1 Å². The summed E-state index contributed by atoms with van der Waals surface area (Å²) < 4.78 is 13.8. The molecule has 2 aromatic carbocycles. The molecule has 2 rings (SSSR count). The van der Waals surface area contributed by atoms with E-state index in [4.69, 9.17) is 0 Å². The second-order valence-corrected chi connectivity index (χ2v) is 5.65. The normalized spacial score (nSPS) is 10.1. The van der Waals surface area contributed by atoms with Crippen molar-refractivity contribution in [2.75, 3.05) is 17.2 Å². The largest absolute Gasteiger partial charge is 0.352 e. The molecule has 0 spiro atoms. The van der Waals surface area contributed by atoms with Crippen LogP contribution in [0.25, 0.3) is 0 Å². The molecule has 136 valence electrons. The van der Waals surface area contributed by atoms with Crippen LogP contribution in [0, 0.1) is 5.82 Å². The van der Waals surface area contributed by atoms with E-state index in [1.807, 2.05) is 6.07 Å². The van der Waals surface area contributed by atoms with E-state index in [2.05, 4.69) is 16.0 Å². The smallest absolute Gasteiger partial charge is 0.251 e. The number of nitrogens with one attached hydrogen (secondary N) is 3. The zero-order valence-corrected chi connectivity index (χ0v) is 14.3. The highest BCUT2D eigenvalue weighted by Gasteiger charge is 2.09. The average molecular weight is 357 g/mol. The summed E-state index contributed by atoms with van der Waals surface area (Å²) in [4.78, 5) is 34.8. The molecule has 0 fully saturated rings. The van der Waals surface area contributed by atoms with Crippen molar-refractivity contribution in [3.05, 3.63) is 59.9 Å². The molecule has 0 aliphatic carbocycles. The fraction of sp³-hybridized carbons (Fsp3) is 0.211. The van der Waals surface area contributed by atoms with Crippen LogP contribution < -0.4 is 16.0 Å². The van der Waals surface area contributed by atoms with Gasteiger partial charge in [-0.3, -0.25) is 14.4 Å². The van der Waals surface area contributed by atoms with E-state index in [9.17, 15) is 18.8 Å². The topological polar surface area (TPSA) is 87.3 Å². The lowest BCUT2D eigenvalue weighted by Crippen LogP contribution is -2.25. The first-order chi connectivity index (χ1) is 12.5. The van der Waals surface area contributed by atoms with Crippen molar-refractivity contribution in [2.24, 2.45) is 0 Å². The fourth-order valence-corrected chi connectivity index (χ4v) is 2.26. The van der Waals surface area contributed by atoms with Crippen molar-refractivity contribution in [1.82, 2.24) is 5.32 Å². The summed E-state index contributed by atoms with van der Waals surface area (Å²) in [6, 6.07) is 12.7. The lowest BCUT2D eigenvalue weighted by atomic mass is 10.2. The van der Waals surface area contributed by atoms with Crippen LogP contribution in [0.15, 0.2) is 48.5 Å². The summed E-state index contributed by atoms with van der Waals surface area (Å²) in [5.41, 5.74) is 0.938. The first kappa shape index (κ1) is 19.1. The van der Waals surface area contributed by atoms with Gasteiger partial charge in [0.25, 0.3) is 5.91 Å². The number of anilines is 2. The van der Waals surface area contributed by atoms with Gasteiger partial charge < -0.3 is 16.0 Å². The maximum Gasteiger partial charge on any atom is 0.251 e. The van der Waals surface area contributed by atoms with Crippen molar-refractivity contribution < 1.29 is 18.8 Å². The molecule has 3 N–H and O–H groups in total. The van der Waals surface area contributed by atoms with E-state index < -0.39 is 5.82 Å². The summed E-state index contributed by atoms with van der Waals surface area (Å²) in [5.74, 6) is -1.47. The molecule has 0 aromatic heterocycles. The molecular formula is C19H20FN3O3. The molecule has 0 radical (unpaired) electrons. The lowest BCUT2D eigenvalue weighted by Gasteiger charge is -2.09. The van der Waals surface area contributed by atoms with E-state index in [0.29, 0.717) is 24.2 Å². The molecule has 0 atom stereocenters. The Bertz CT molecular complexity index is 794. The molecule has 0 heterocycles. The van der Waals surface area contributed by atoms with Gasteiger partial charge in [-0.1, -0.05) is 18.2 Å². The van der Waals surface area contributed by atoms with E-state index in [1.165, 1.54) is 25.1 Å². The predicted octanol–water partition coefficient (Wildman–Crippen LogP) is 2.93. The molecule has 6 nitrogen and oxygen atoms in total. The second-order valence-electron chi connectivity index (χ2n) is 5.65. The van der Waals surface area contributed by atoms with Gasteiger partial charge in [-0.05, 0) is 36.8 Å². The van der Waals surface area contributed by atoms with E-state index in [-0.39, 0.29) is 29.8 Å². The lowest BCUT2D eigenvalue weighted by molar-refractivity contribution is -0.116. The minimum Gasteiger partial charge on any atom is -0.352 e. The number of hydrogen-bond donors (Lipinski definition) is 3. The predicted molar refractivity (Wildman–Crippen MR) is 97.3 cm³/mol. The Labute approximate surface area is 150 Å². The van der Waals surface area contributed by atoms with Crippen LogP contribution in [-0.4, -0.2) is 24.3 Å². The molecule has 0 unspecified atom stereocenters. The Morgan fingerprint density at radius 2 is 1.73 bits per heavy atom. The van der Waals surface area contributed by atoms with Crippen LogP contribution in [0.3, 0.4) is 0 Å². The van der Waals surface area contributed by atoms with Crippen LogP contribution in [0.2, 0.25) is 0 Å². The standard InChI is InChI=1S/C19H20FN3O3/c1-13(24)22-15-9-10-16(20)17(12-15)23-18(25)8-5-11-21-19(26)14-6-3-2-4-7-14/h2-4,6-7,9-10,12H,5,8,11H2,1H3,(H,21,26)(H,22,24)(H,23,25). The maximum absolute atomic E-state index is 13.8. The minimum absolute atomic E-state index is 0.00503. The van der Waals surface area contributed by atoms with Gasteiger partial charge in [0, 0.05) is 31.1 Å². The summed E-state index contributed by atoms with van der Waals surface area (Å²) in [7, 11) is 0. The Kier molecular flexibility index (Phi) is 6.84. The summed E-state index contributed by atoms with van der Waals surface area (Å²) in [6.45, 7) is 1.67. The molecule has 2 aromatic rings. The molecular weight excluding hydrogens is 337 g/mol. The Morgan fingerprint density at radius 1 is 1.00 bits per heavy atom. The minimum atomic E-state index is -0.593. The summed E-state index contributed by atoms with van der Waals surface area (Å²) in [6.07, 6.45) is 0.538. The summed E-state index contributed by atoms with van der Waals surface area (Å²) in [5, 5.41) is 7.71. The third-order valence-corrected chi connectivity index (χ3v) is 3.46. The molecule has 0 aliphatic heterocycles. The van der Waals surface area contributed by atoms with Gasteiger partial charge in [0.15, 0.2) is 0 Å². The molecule has 3 amide bonds. The monoisotopic (exact) mass is 357 g/mol. The van der Waals surface area contributed by atoms with Gasteiger partial charge in [-0.15, -0.1) is 0 Å². The van der Waals surface area contributed by atoms with Crippen LogP contribution in [0.5, 0.6) is 0 Å². The second kappa shape index (κ2) is 9.31. The van der Waals surface area contributed by atoms with E-state index in [0.717, 1.165) is 0 Å². The number of amides is 3. The molecule has 0 saturated carbocycles. The van der Waals surface area contributed by atoms with Gasteiger partial charge in [0.1, 0.15) is 5.82 Å². The quantitative estimate of drug-likeness (QED) is 0.666. The number of carbonyl (C=O) groups excluding carboxylic acids is 3. The van der Waals surface area contributed by atoms with E-state index in [1.54, 1.807) is 24.3 Å².